The second kappa shape index (κ2) is 14.8. The lowest BCUT2D eigenvalue weighted by Crippen LogP contribution is -2.28. The number of carbonyl (C=O) groups excluding carboxylic acids is 1. The van der Waals surface area contributed by atoms with Crippen LogP contribution in [0.3, 0.4) is 0 Å². The zero-order valence-electron chi connectivity index (χ0n) is 27.0. The maximum atomic E-state index is 12.7. The van der Waals surface area contributed by atoms with Crippen molar-refractivity contribution in [3.8, 4) is 22.5 Å². The first-order valence-electron chi connectivity index (χ1n) is 15.7. The highest BCUT2D eigenvalue weighted by molar-refractivity contribution is 7.51. The minimum absolute atomic E-state index is 0.0221. The summed E-state index contributed by atoms with van der Waals surface area (Å²) < 4.78 is 22.5. The Morgan fingerprint density at radius 3 is 2.28 bits per heavy atom. The van der Waals surface area contributed by atoms with Gasteiger partial charge in [0.05, 0.1) is 12.3 Å². The van der Waals surface area contributed by atoms with Crippen LogP contribution in [0, 0.1) is 0 Å². The molecule has 47 heavy (non-hydrogen) atoms. The van der Waals surface area contributed by atoms with Gasteiger partial charge in [0, 0.05) is 40.8 Å². The van der Waals surface area contributed by atoms with Crippen LogP contribution >= 0.6 is 19.2 Å². The lowest BCUT2D eigenvalue weighted by molar-refractivity contribution is -0.197. The first-order valence-corrected chi connectivity index (χ1v) is 17.8. The molecule has 0 fully saturated rings. The van der Waals surface area contributed by atoms with Crippen LogP contribution in [0.25, 0.3) is 22.5 Å². The van der Waals surface area contributed by atoms with Crippen molar-refractivity contribution in [3.63, 3.8) is 0 Å². The molecule has 4 aromatic carbocycles. The number of nitrogens with one attached hydrogen (secondary N) is 1. The Morgan fingerprint density at radius 1 is 0.936 bits per heavy atom. The lowest BCUT2D eigenvalue weighted by atomic mass is 9.83. The van der Waals surface area contributed by atoms with Gasteiger partial charge >= 0.3 is 0 Å². The van der Waals surface area contributed by atoms with Crippen molar-refractivity contribution in [2.24, 2.45) is 0 Å². The fourth-order valence-electron chi connectivity index (χ4n) is 5.39. The van der Waals surface area contributed by atoms with Gasteiger partial charge in [0.25, 0.3) is 5.91 Å². The van der Waals surface area contributed by atoms with Crippen molar-refractivity contribution in [1.29, 1.82) is 0 Å². The molecule has 0 aliphatic rings. The third-order valence-electron chi connectivity index (χ3n) is 8.04. The molecule has 5 rings (SSSR count). The average Bonchev–Trinajstić information content (AvgIpc) is 3.54. The molecule has 1 aromatic heterocycles. The highest BCUT2D eigenvalue weighted by atomic mass is 35.5. The Morgan fingerprint density at radius 2 is 1.62 bits per heavy atom. The molecule has 1 amide bonds. The van der Waals surface area contributed by atoms with E-state index in [0.717, 1.165) is 33.5 Å². The van der Waals surface area contributed by atoms with E-state index in [9.17, 15) is 14.3 Å². The quantitative estimate of drug-likeness (QED) is 0.133. The summed E-state index contributed by atoms with van der Waals surface area (Å²) >= 11 is 6.10. The molecule has 9 heteroatoms. The number of nitrogens with zero attached hydrogens (tertiary/aromatic N) is 1. The Kier molecular flexibility index (Phi) is 10.8. The van der Waals surface area contributed by atoms with Crippen LogP contribution in [0.4, 0.5) is 0 Å². The predicted octanol–water partition coefficient (Wildman–Crippen LogP) is 8.65. The monoisotopic (exact) mass is 669 g/mol. The average molecular weight is 670 g/mol. The van der Waals surface area contributed by atoms with Gasteiger partial charge in [0.1, 0.15) is 7.60 Å². The van der Waals surface area contributed by atoms with Crippen molar-refractivity contribution in [2.45, 2.75) is 45.4 Å². The molecular formula is C38H39ClN2O5P-. The molecule has 5 aromatic rings. The van der Waals surface area contributed by atoms with E-state index in [1.165, 1.54) is 5.56 Å². The fourth-order valence-corrected chi connectivity index (χ4v) is 6.42. The molecule has 1 N–H and O–H groups in total. The van der Waals surface area contributed by atoms with Crippen LogP contribution in [0.15, 0.2) is 108 Å². The van der Waals surface area contributed by atoms with Gasteiger partial charge in [-0.15, -0.1) is 0 Å². The molecule has 0 aliphatic heterocycles. The molecule has 244 valence electrons. The van der Waals surface area contributed by atoms with Crippen LogP contribution in [0.5, 0.6) is 0 Å². The van der Waals surface area contributed by atoms with E-state index in [2.05, 4.69) is 67.6 Å². The highest BCUT2D eigenvalue weighted by Gasteiger charge is 2.22. The maximum Gasteiger partial charge on any atom is 0.251 e. The summed E-state index contributed by atoms with van der Waals surface area (Å²) in [7, 11) is -3.95. The second-order valence-corrected chi connectivity index (χ2v) is 14.9. The summed E-state index contributed by atoms with van der Waals surface area (Å²) in [6.07, 6.45) is 0.368. The van der Waals surface area contributed by atoms with Crippen LogP contribution in [0.1, 0.15) is 66.4 Å². The van der Waals surface area contributed by atoms with E-state index in [1.807, 2.05) is 54.6 Å². The molecule has 0 radical (unpaired) electrons. The standard InChI is InChI=1S/C38H40ClN2O5P/c1-5-45-47(43,44)22-21-40-37(42)29-11-9-26(10-12-29)23-34(28-13-17-32(18-14-28)38(2,3)4)35-25-36(46-41-35)31-8-6-7-30(24-31)27-15-19-33(39)20-16-27/h6-20,24-25,34H,5,21-23H2,1-4H3,(H,40,42)(H,43,44)/p-1. The SMILES string of the molecule is CCOP(=O)([O-])CCNC(=O)c1ccc(CC(c2ccc(C(C)(C)C)cc2)c2cc(-c3cccc(-c4ccc(Cl)cc4)c3)on2)cc1. The van der Waals surface area contributed by atoms with Crippen LogP contribution < -0.4 is 10.2 Å². The van der Waals surface area contributed by atoms with E-state index >= 15 is 0 Å². The normalized spacial score (nSPS) is 13.6. The first kappa shape index (κ1) is 34.3. The first-order chi connectivity index (χ1) is 22.4. The topological polar surface area (TPSA) is 104 Å². The van der Waals surface area contributed by atoms with E-state index in [1.54, 1.807) is 19.1 Å². The minimum Gasteiger partial charge on any atom is -0.778 e. The molecule has 2 atom stereocenters. The van der Waals surface area contributed by atoms with E-state index in [-0.39, 0.29) is 36.6 Å². The molecule has 0 saturated heterocycles. The van der Waals surface area contributed by atoms with Gasteiger partial charge in [-0.25, -0.2) is 0 Å². The Bertz CT molecular complexity index is 1850. The third-order valence-corrected chi connectivity index (χ3v) is 9.72. The maximum absolute atomic E-state index is 12.7. The van der Waals surface area contributed by atoms with Crippen LogP contribution in [-0.4, -0.2) is 30.4 Å². The summed E-state index contributed by atoms with van der Waals surface area (Å²) in [5, 5.41) is 7.90. The number of hydrogen-bond donors (Lipinski definition) is 1. The van der Waals surface area contributed by atoms with Gasteiger partial charge in [-0.3, -0.25) is 4.79 Å². The fraction of sp³-hybridized carbons (Fsp3) is 0.263. The Hall–Kier alpha value is -4.00. The number of amides is 1. The molecule has 2 unspecified atom stereocenters. The smallest absolute Gasteiger partial charge is 0.251 e. The summed E-state index contributed by atoms with van der Waals surface area (Å²) in [6.45, 7) is 8.24. The molecular weight excluding hydrogens is 631 g/mol. The molecule has 7 nitrogen and oxygen atoms in total. The van der Waals surface area contributed by atoms with Crippen molar-refractivity contribution >= 4 is 25.1 Å². The number of carbonyl (C=O) groups is 1. The summed E-state index contributed by atoms with van der Waals surface area (Å²) in [4.78, 5) is 24.5. The van der Waals surface area contributed by atoms with Crippen LogP contribution in [-0.2, 0) is 20.9 Å². The predicted molar refractivity (Wildman–Crippen MR) is 186 cm³/mol. The van der Waals surface area contributed by atoms with Crippen molar-refractivity contribution in [2.75, 3.05) is 19.3 Å². The van der Waals surface area contributed by atoms with Gasteiger partial charge < -0.3 is 23.8 Å². The molecule has 0 aliphatic carbocycles. The van der Waals surface area contributed by atoms with Gasteiger partial charge in [-0.1, -0.05) is 104 Å². The summed E-state index contributed by atoms with van der Waals surface area (Å²) in [5.41, 5.74) is 7.65. The van der Waals surface area contributed by atoms with Gasteiger partial charge in [0.15, 0.2) is 5.76 Å². The van der Waals surface area contributed by atoms with Crippen molar-refractivity contribution < 1.29 is 23.3 Å². The highest BCUT2D eigenvalue weighted by Crippen LogP contribution is 2.36. The molecule has 0 spiro atoms. The largest absolute Gasteiger partial charge is 0.778 e. The van der Waals surface area contributed by atoms with E-state index in [0.29, 0.717) is 22.8 Å². The molecule has 0 saturated carbocycles. The zero-order valence-corrected chi connectivity index (χ0v) is 28.7. The third kappa shape index (κ3) is 9.09. The van der Waals surface area contributed by atoms with Crippen LogP contribution in [0.2, 0.25) is 5.02 Å². The van der Waals surface area contributed by atoms with Crippen molar-refractivity contribution in [3.05, 3.63) is 136 Å². The summed E-state index contributed by atoms with van der Waals surface area (Å²) in [5.74, 6) is 0.223. The van der Waals surface area contributed by atoms with E-state index in [4.69, 9.17) is 20.6 Å². The Labute approximate surface area is 281 Å². The number of halogens is 1. The number of benzene rings is 4. The van der Waals surface area contributed by atoms with Gasteiger partial charge in [0.2, 0.25) is 0 Å². The van der Waals surface area contributed by atoms with Gasteiger partial charge in [-0.2, -0.15) is 0 Å². The molecule has 0 bridgehead atoms. The number of aromatic nitrogens is 1. The second-order valence-electron chi connectivity index (χ2n) is 12.5. The minimum atomic E-state index is -3.95. The lowest BCUT2D eigenvalue weighted by Gasteiger charge is -2.22. The summed E-state index contributed by atoms with van der Waals surface area (Å²) in [6, 6.07) is 33.9. The number of hydrogen-bond acceptors (Lipinski definition) is 6. The Balaban J connectivity index is 1.38. The number of rotatable bonds is 12. The van der Waals surface area contributed by atoms with Crippen molar-refractivity contribution in [1.82, 2.24) is 10.5 Å². The van der Waals surface area contributed by atoms with Gasteiger partial charge in [-0.05, 0) is 76.9 Å². The zero-order chi connectivity index (χ0) is 33.6. The van der Waals surface area contributed by atoms with E-state index < -0.39 is 7.60 Å². The molecule has 1 heterocycles.